The Kier molecular flexibility index (Phi) is 5.99. The predicted octanol–water partition coefficient (Wildman–Crippen LogP) is 13.2. The van der Waals surface area contributed by atoms with E-state index in [1.54, 1.807) is 0 Å². The molecule has 1 aliphatic rings. The number of rotatable bonds is 4. The maximum Gasteiger partial charge on any atom is 0.164 e. The second kappa shape index (κ2) is 11.1. The third-order valence-electron chi connectivity index (χ3n) is 10.9. The van der Waals surface area contributed by atoms with Crippen LogP contribution < -0.4 is 4.74 Å². The molecule has 3 heterocycles. The number of nitrogens with zero attached hydrogens (tertiary/aromatic N) is 3. The van der Waals surface area contributed by atoms with Crippen molar-refractivity contribution in [1.29, 1.82) is 0 Å². The summed E-state index contributed by atoms with van der Waals surface area (Å²) in [6.07, 6.45) is 0. The molecule has 0 bridgehead atoms. The van der Waals surface area contributed by atoms with Gasteiger partial charge in [-0.05, 0) is 68.9 Å². The normalized spacial score (nSPS) is 12.2. The Balaban J connectivity index is 1.07. The highest BCUT2D eigenvalue weighted by Crippen LogP contribution is 2.51. The zero-order valence-corrected chi connectivity index (χ0v) is 28.7. The molecule has 0 N–H and O–H groups in total. The van der Waals surface area contributed by atoms with Gasteiger partial charge in [-0.25, -0.2) is 15.0 Å². The van der Waals surface area contributed by atoms with Crippen molar-refractivity contribution in [2.24, 2.45) is 0 Å². The second-order valence-corrected chi connectivity index (χ2v) is 13.9. The van der Waals surface area contributed by atoms with Crippen LogP contribution in [0.15, 0.2) is 168 Å². The smallest absolute Gasteiger partial charge is 0.164 e. The average molecular weight is 690 g/mol. The van der Waals surface area contributed by atoms with Gasteiger partial charge in [-0.3, -0.25) is 0 Å². The van der Waals surface area contributed by atoms with E-state index in [0.29, 0.717) is 17.5 Å². The van der Waals surface area contributed by atoms with E-state index < -0.39 is 0 Å². The molecule has 11 aromatic rings. The largest absolute Gasteiger partial charge is 0.456 e. The summed E-state index contributed by atoms with van der Waals surface area (Å²) in [5.74, 6) is 3.57. The Morgan fingerprint density at radius 1 is 0.352 bits per heavy atom. The fourth-order valence-electron chi connectivity index (χ4n) is 8.39. The molecule has 1 aliphatic heterocycles. The van der Waals surface area contributed by atoms with Crippen molar-refractivity contribution >= 4 is 65.0 Å². The number of fused-ring (bicyclic) bond motifs is 4. The number of para-hydroxylation sites is 1. The van der Waals surface area contributed by atoms with Crippen molar-refractivity contribution in [1.82, 2.24) is 15.0 Å². The standard InChI is InChI=1S/C49H27N3O2/c1-2-9-31(10-3-1)47-50-48(32-22-23-37-36-14-6-7-15-40(36)53-42(37)27-32)52-49(51-47)39-26-25-35(33-12-4-5-13-34(33)39)38-24-21-30-20-19-29-18-17-28-11-8-16-41-43(28)44(29)45(30)46(38)54-41/h1-27H. The van der Waals surface area contributed by atoms with Crippen molar-refractivity contribution in [3.63, 3.8) is 0 Å². The fourth-order valence-corrected chi connectivity index (χ4v) is 8.39. The van der Waals surface area contributed by atoms with Crippen LogP contribution in [0.25, 0.3) is 110 Å². The maximum absolute atomic E-state index is 6.87. The molecule has 0 spiro atoms. The Bertz CT molecular complexity index is 3360. The predicted molar refractivity (Wildman–Crippen MR) is 219 cm³/mol. The highest BCUT2D eigenvalue weighted by atomic mass is 16.5. The van der Waals surface area contributed by atoms with Gasteiger partial charge in [-0.2, -0.15) is 0 Å². The first kappa shape index (κ1) is 29.2. The number of hydrogen-bond donors (Lipinski definition) is 0. The maximum atomic E-state index is 6.87. The molecule has 0 amide bonds. The fraction of sp³-hybridized carbons (Fsp3) is 0. The van der Waals surface area contributed by atoms with Crippen LogP contribution in [0.5, 0.6) is 11.5 Å². The molecule has 0 aliphatic carbocycles. The SMILES string of the molecule is c1ccc(-c2nc(-c3ccc4c(c3)oc3ccccc34)nc(-c3ccc(-c4ccc5ccc6ccc7cccc8c7c6c5c4O8)c4ccccc34)n2)cc1. The highest BCUT2D eigenvalue weighted by Gasteiger charge is 2.24. The molecule has 0 radical (unpaired) electrons. The van der Waals surface area contributed by atoms with E-state index >= 15 is 0 Å². The minimum atomic E-state index is 0.582. The second-order valence-electron chi connectivity index (χ2n) is 13.9. The minimum absolute atomic E-state index is 0.582. The zero-order chi connectivity index (χ0) is 35.3. The lowest BCUT2D eigenvalue weighted by Crippen LogP contribution is -2.01. The average Bonchev–Trinajstić information content (AvgIpc) is 3.61. The summed E-state index contributed by atoms with van der Waals surface area (Å²) in [4.78, 5) is 15.3. The molecule has 250 valence electrons. The van der Waals surface area contributed by atoms with Crippen LogP contribution in [0.2, 0.25) is 0 Å². The molecule has 0 saturated carbocycles. The number of benzene rings is 9. The first-order valence-corrected chi connectivity index (χ1v) is 18.1. The Hall–Kier alpha value is -7.37. The molecular formula is C49H27N3O2. The van der Waals surface area contributed by atoms with Gasteiger partial charge in [0, 0.05) is 49.2 Å². The summed E-state index contributed by atoms with van der Waals surface area (Å²) < 4.78 is 13.1. The lowest BCUT2D eigenvalue weighted by Gasteiger charge is -2.23. The first-order valence-electron chi connectivity index (χ1n) is 18.1. The van der Waals surface area contributed by atoms with Gasteiger partial charge in [0.1, 0.15) is 22.7 Å². The van der Waals surface area contributed by atoms with E-state index in [0.717, 1.165) is 82.8 Å². The number of furan rings is 1. The molecular weight excluding hydrogens is 663 g/mol. The van der Waals surface area contributed by atoms with Gasteiger partial charge in [-0.1, -0.05) is 127 Å². The van der Waals surface area contributed by atoms with E-state index in [-0.39, 0.29) is 0 Å². The summed E-state index contributed by atoms with van der Waals surface area (Å²) in [5.41, 5.74) is 6.48. The molecule has 0 atom stereocenters. The lowest BCUT2D eigenvalue weighted by atomic mass is 9.89. The van der Waals surface area contributed by atoms with Crippen molar-refractivity contribution in [2.45, 2.75) is 0 Å². The zero-order valence-electron chi connectivity index (χ0n) is 28.7. The van der Waals surface area contributed by atoms with Crippen LogP contribution in [-0.2, 0) is 0 Å². The van der Waals surface area contributed by atoms with Crippen molar-refractivity contribution in [2.75, 3.05) is 0 Å². The van der Waals surface area contributed by atoms with Crippen LogP contribution >= 0.6 is 0 Å². The topological polar surface area (TPSA) is 61.0 Å². The Labute approximate surface area is 308 Å². The monoisotopic (exact) mass is 689 g/mol. The number of aromatic nitrogens is 3. The molecule has 0 fully saturated rings. The van der Waals surface area contributed by atoms with Gasteiger partial charge < -0.3 is 9.15 Å². The van der Waals surface area contributed by atoms with E-state index in [4.69, 9.17) is 24.1 Å². The van der Waals surface area contributed by atoms with Gasteiger partial charge in [0.05, 0.1) is 0 Å². The third-order valence-corrected chi connectivity index (χ3v) is 10.9. The molecule has 12 rings (SSSR count). The van der Waals surface area contributed by atoms with Crippen molar-refractivity contribution in [3.05, 3.63) is 164 Å². The van der Waals surface area contributed by atoms with Crippen LogP contribution in [0.4, 0.5) is 0 Å². The van der Waals surface area contributed by atoms with Crippen LogP contribution in [0.3, 0.4) is 0 Å². The minimum Gasteiger partial charge on any atom is -0.456 e. The Morgan fingerprint density at radius 3 is 1.80 bits per heavy atom. The number of ether oxygens (including phenoxy) is 1. The summed E-state index contributed by atoms with van der Waals surface area (Å²) in [6.45, 7) is 0. The van der Waals surface area contributed by atoms with Crippen molar-refractivity contribution < 1.29 is 9.15 Å². The molecule has 54 heavy (non-hydrogen) atoms. The first-order chi connectivity index (χ1) is 26.7. The van der Waals surface area contributed by atoms with E-state index in [1.807, 2.05) is 54.6 Å². The molecule has 0 unspecified atom stereocenters. The summed E-state index contributed by atoms with van der Waals surface area (Å²) in [5, 5.41) is 11.4. The number of hydrogen-bond acceptors (Lipinski definition) is 5. The quantitative estimate of drug-likeness (QED) is 0.172. The van der Waals surface area contributed by atoms with Gasteiger partial charge in [0.15, 0.2) is 17.5 Å². The van der Waals surface area contributed by atoms with Crippen molar-refractivity contribution in [3.8, 4) is 56.8 Å². The van der Waals surface area contributed by atoms with Gasteiger partial charge in [-0.15, -0.1) is 0 Å². The summed E-state index contributed by atoms with van der Waals surface area (Å²) in [6, 6.07) is 56.8. The van der Waals surface area contributed by atoms with Gasteiger partial charge >= 0.3 is 0 Å². The van der Waals surface area contributed by atoms with Crippen LogP contribution in [0.1, 0.15) is 0 Å². The van der Waals surface area contributed by atoms with Crippen LogP contribution in [0, 0.1) is 0 Å². The summed E-state index contributed by atoms with van der Waals surface area (Å²) >= 11 is 0. The molecule has 5 nitrogen and oxygen atoms in total. The molecule has 0 saturated heterocycles. The molecule has 2 aromatic heterocycles. The van der Waals surface area contributed by atoms with E-state index in [1.165, 1.54) is 21.5 Å². The molecule has 5 heteroatoms. The van der Waals surface area contributed by atoms with Crippen LogP contribution in [-0.4, -0.2) is 15.0 Å². The van der Waals surface area contributed by atoms with E-state index in [2.05, 4.69) is 109 Å². The van der Waals surface area contributed by atoms with Gasteiger partial charge in [0.25, 0.3) is 0 Å². The molecule has 9 aromatic carbocycles. The van der Waals surface area contributed by atoms with Gasteiger partial charge in [0.2, 0.25) is 0 Å². The highest BCUT2D eigenvalue weighted by molar-refractivity contribution is 6.26. The Morgan fingerprint density at radius 2 is 0.963 bits per heavy atom. The third kappa shape index (κ3) is 4.24. The van der Waals surface area contributed by atoms with E-state index in [9.17, 15) is 0 Å². The summed E-state index contributed by atoms with van der Waals surface area (Å²) in [7, 11) is 0. The lowest BCUT2D eigenvalue weighted by molar-refractivity contribution is 0.495.